The lowest BCUT2D eigenvalue weighted by molar-refractivity contribution is -0.138. The van der Waals surface area contributed by atoms with Crippen LogP contribution in [0.15, 0.2) is 11.4 Å². The van der Waals surface area contributed by atoms with Crippen molar-refractivity contribution in [1.82, 2.24) is 15.1 Å². The quantitative estimate of drug-likeness (QED) is 0.737. The summed E-state index contributed by atoms with van der Waals surface area (Å²) < 4.78 is 0. The number of hydrogen-bond donors (Lipinski definition) is 1. The van der Waals surface area contributed by atoms with Crippen LogP contribution in [0.4, 0.5) is 0 Å². The molecule has 1 atom stereocenters. The Labute approximate surface area is 164 Å². The van der Waals surface area contributed by atoms with E-state index in [9.17, 15) is 14.4 Å². The van der Waals surface area contributed by atoms with E-state index in [-0.39, 0.29) is 23.6 Å². The highest BCUT2D eigenvalue weighted by atomic mass is 32.1. The van der Waals surface area contributed by atoms with Gasteiger partial charge in [-0.3, -0.25) is 14.4 Å². The predicted molar refractivity (Wildman–Crippen MR) is 106 cm³/mol. The van der Waals surface area contributed by atoms with E-state index in [4.69, 9.17) is 0 Å². The molecule has 6 nitrogen and oxygen atoms in total. The summed E-state index contributed by atoms with van der Waals surface area (Å²) in [6.07, 6.45) is 4.29. The number of aryl methyl sites for hydroxylation is 1. The third-order valence-corrected chi connectivity index (χ3v) is 6.60. The number of hydrogen-bond acceptors (Lipinski definition) is 4. The Balaban J connectivity index is 1.40. The molecule has 0 aliphatic carbocycles. The Kier molecular flexibility index (Phi) is 6.88. The first kappa shape index (κ1) is 19.9. The van der Waals surface area contributed by atoms with Crippen molar-refractivity contribution >= 4 is 29.1 Å². The Hall–Kier alpha value is -1.89. The number of nitrogens with one attached hydrogen (secondary N) is 1. The number of carbonyl (C=O) groups excluding carboxylic acids is 3. The summed E-state index contributed by atoms with van der Waals surface area (Å²) in [6, 6.07) is 2.10. The normalized spacial score (nSPS) is 20.4. The first-order chi connectivity index (χ1) is 13.0. The van der Waals surface area contributed by atoms with Crippen molar-refractivity contribution in [2.45, 2.75) is 45.4 Å². The molecule has 148 valence electrons. The van der Waals surface area contributed by atoms with Crippen LogP contribution in [0.2, 0.25) is 0 Å². The summed E-state index contributed by atoms with van der Waals surface area (Å²) in [4.78, 5) is 41.3. The van der Waals surface area contributed by atoms with Crippen molar-refractivity contribution < 1.29 is 14.4 Å². The summed E-state index contributed by atoms with van der Waals surface area (Å²) in [5, 5.41) is 5.11. The average Bonchev–Trinajstić information content (AvgIpc) is 3.25. The molecule has 3 amide bonds. The highest BCUT2D eigenvalue weighted by Crippen LogP contribution is 2.19. The first-order valence-corrected chi connectivity index (χ1v) is 10.8. The maximum absolute atomic E-state index is 12.5. The molecule has 1 aromatic heterocycles. The van der Waals surface area contributed by atoms with E-state index < -0.39 is 0 Å². The second kappa shape index (κ2) is 9.35. The van der Waals surface area contributed by atoms with E-state index in [0.29, 0.717) is 45.4 Å². The van der Waals surface area contributed by atoms with Gasteiger partial charge in [-0.05, 0) is 49.6 Å². The van der Waals surface area contributed by atoms with E-state index in [1.807, 2.05) is 4.90 Å². The summed E-state index contributed by atoms with van der Waals surface area (Å²) in [6.45, 7) is 5.40. The second-order valence-corrected chi connectivity index (χ2v) is 8.48. The summed E-state index contributed by atoms with van der Waals surface area (Å²) >= 11 is 1.72. The summed E-state index contributed by atoms with van der Waals surface area (Å²) in [5.41, 5.74) is 1.28. The standard InChI is InChI=1S/C20H29N3O3S/c1-15-8-13-27-17(15)7-9-21-20(26)16-5-6-19(25)23(14-16)12-3-11-22-10-2-4-18(22)24/h8,13,16H,2-7,9-12,14H2,1H3,(H,21,26)/t16-/m1/s1. The van der Waals surface area contributed by atoms with Crippen LogP contribution in [-0.4, -0.2) is 60.2 Å². The van der Waals surface area contributed by atoms with Gasteiger partial charge in [-0.2, -0.15) is 0 Å². The zero-order valence-electron chi connectivity index (χ0n) is 16.0. The number of likely N-dealkylation sites (tertiary alicyclic amines) is 2. The molecule has 1 aromatic rings. The highest BCUT2D eigenvalue weighted by Gasteiger charge is 2.30. The number of rotatable bonds is 8. The van der Waals surface area contributed by atoms with Gasteiger partial charge in [0.15, 0.2) is 0 Å². The summed E-state index contributed by atoms with van der Waals surface area (Å²) in [5.74, 6) is 0.274. The van der Waals surface area contributed by atoms with Gasteiger partial charge in [-0.1, -0.05) is 0 Å². The van der Waals surface area contributed by atoms with Crippen LogP contribution in [0.1, 0.15) is 42.5 Å². The van der Waals surface area contributed by atoms with Crippen LogP contribution in [-0.2, 0) is 20.8 Å². The molecule has 2 aliphatic heterocycles. The van der Waals surface area contributed by atoms with Crippen LogP contribution in [0, 0.1) is 12.8 Å². The van der Waals surface area contributed by atoms with Gasteiger partial charge < -0.3 is 15.1 Å². The third kappa shape index (κ3) is 5.31. The fourth-order valence-corrected chi connectivity index (χ4v) is 4.75. The number of nitrogens with zero attached hydrogens (tertiary/aromatic N) is 2. The molecule has 0 bridgehead atoms. The van der Waals surface area contributed by atoms with Crippen molar-refractivity contribution in [3.8, 4) is 0 Å². The van der Waals surface area contributed by atoms with Crippen LogP contribution in [0.3, 0.4) is 0 Å². The molecule has 0 radical (unpaired) electrons. The Morgan fingerprint density at radius 2 is 2.00 bits per heavy atom. The molecule has 2 aliphatic rings. The number of piperidine rings is 1. The maximum Gasteiger partial charge on any atom is 0.224 e. The molecule has 2 saturated heterocycles. The Morgan fingerprint density at radius 3 is 2.70 bits per heavy atom. The number of thiophene rings is 1. The molecule has 0 saturated carbocycles. The minimum absolute atomic E-state index is 0.0522. The van der Waals surface area contributed by atoms with E-state index in [0.717, 1.165) is 25.8 Å². The Morgan fingerprint density at radius 1 is 1.22 bits per heavy atom. The lowest BCUT2D eigenvalue weighted by atomic mass is 9.96. The lowest BCUT2D eigenvalue weighted by Gasteiger charge is -2.32. The molecule has 3 heterocycles. The minimum atomic E-state index is -0.124. The van der Waals surface area contributed by atoms with Crippen molar-refractivity contribution in [1.29, 1.82) is 0 Å². The molecule has 0 aromatic carbocycles. The van der Waals surface area contributed by atoms with Crippen molar-refractivity contribution in [2.24, 2.45) is 5.92 Å². The zero-order valence-corrected chi connectivity index (χ0v) is 16.9. The van der Waals surface area contributed by atoms with Gasteiger partial charge in [0.25, 0.3) is 0 Å². The van der Waals surface area contributed by atoms with E-state index >= 15 is 0 Å². The topological polar surface area (TPSA) is 69.7 Å². The van der Waals surface area contributed by atoms with E-state index in [1.54, 1.807) is 16.2 Å². The predicted octanol–water partition coefficient (Wildman–Crippen LogP) is 1.97. The van der Waals surface area contributed by atoms with Crippen molar-refractivity contribution in [2.75, 3.05) is 32.7 Å². The van der Waals surface area contributed by atoms with Crippen LogP contribution in [0.25, 0.3) is 0 Å². The smallest absolute Gasteiger partial charge is 0.224 e. The molecular formula is C20H29N3O3S. The zero-order chi connectivity index (χ0) is 19.2. The van der Waals surface area contributed by atoms with E-state index in [1.165, 1.54) is 10.4 Å². The van der Waals surface area contributed by atoms with Crippen LogP contribution in [0.5, 0.6) is 0 Å². The molecule has 27 heavy (non-hydrogen) atoms. The Bertz CT molecular complexity index is 688. The van der Waals surface area contributed by atoms with Crippen LogP contribution < -0.4 is 5.32 Å². The SMILES string of the molecule is Cc1ccsc1CCNC(=O)[C@@H]1CCC(=O)N(CCCN2CCCC2=O)C1. The monoisotopic (exact) mass is 391 g/mol. The van der Waals surface area contributed by atoms with E-state index in [2.05, 4.69) is 23.7 Å². The molecule has 7 heteroatoms. The first-order valence-electron chi connectivity index (χ1n) is 9.91. The van der Waals surface area contributed by atoms with Gasteiger partial charge >= 0.3 is 0 Å². The van der Waals surface area contributed by atoms with Gasteiger partial charge in [0, 0.05) is 50.4 Å². The molecule has 0 spiro atoms. The third-order valence-electron chi connectivity index (χ3n) is 5.52. The molecular weight excluding hydrogens is 362 g/mol. The van der Waals surface area contributed by atoms with Gasteiger partial charge in [0.1, 0.15) is 0 Å². The second-order valence-electron chi connectivity index (χ2n) is 7.48. The highest BCUT2D eigenvalue weighted by molar-refractivity contribution is 7.10. The van der Waals surface area contributed by atoms with Crippen LogP contribution >= 0.6 is 11.3 Å². The number of carbonyl (C=O) groups is 3. The average molecular weight is 392 g/mol. The summed E-state index contributed by atoms with van der Waals surface area (Å²) in [7, 11) is 0. The number of amides is 3. The molecule has 0 unspecified atom stereocenters. The fraction of sp³-hybridized carbons (Fsp3) is 0.650. The largest absolute Gasteiger partial charge is 0.355 e. The molecule has 3 rings (SSSR count). The fourth-order valence-electron chi connectivity index (χ4n) is 3.84. The molecule has 1 N–H and O–H groups in total. The van der Waals surface area contributed by atoms with Gasteiger partial charge in [0.05, 0.1) is 5.92 Å². The van der Waals surface area contributed by atoms with Crippen molar-refractivity contribution in [3.63, 3.8) is 0 Å². The van der Waals surface area contributed by atoms with Gasteiger partial charge in [-0.15, -0.1) is 11.3 Å². The van der Waals surface area contributed by atoms with Crippen molar-refractivity contribution in [3.05, 3.63) is 21.9 Å². The minimum Gasteiger partial charge on any atom is -0.355 e. The van der Waals surface area contributed by atoms with Gasteiger partial charge in [0.2, 0.25) is 17.7 Å². The van der Waals surface area contributed by atoms with Gasteiger partial charge in [-0.25, -0.2) is 0 Å². The lowest BCUT2D eigenvalue weighted by Crippen LogP contribution is -2.46. The molecule has 2 fully saturated rings. The maximum atomic E-state index is 12.5.